The Morgan fingerprint density at radius 1 is 1.17 bits per heavy atom. The van der Waals surface area contributed by atoms with Crippen LogP contribution in [0.1, 0.15) is 32.4 Å². The first-order chi connectivity index (χ1) is 11.3. The lowest BCUT2D eigenvalue weighted by molar-refractivity contribution is -0.164. The number of ether oxygens (including phenoxy) is 2. The fraction of sp³-hybridized carbons (Fsp3) is 0.500. The van der Waals surface area contributed by atoms with E-state index in [9.17, 15) is 14.7 Å². The van der Waals surface area contributed by atoms with Crippen LogP contribution >= 0.6 is 0 Å². The van der Waals surface area contributed by atoms with Crippen LogP contribution in [0.25, 0.3) is 0 Å². The van der Waals surface area contributed by atoms with E-state index in [4.69, 9.17) is 23.3 Å². The van der Waals surface area contributed by atoms with Crippen LogP contribution in [0, 0.1) is 5.92 Å². The molecule has 7 nitrogen and oxygen atoms in total. The molecule has 8 heteroatoms. The quantitative estimate of drug-likeness (QED) is 0.539. The average molecular weight is 335 g/mol. The molecular formula is C16H22BNO6. The van der Waals surface area contributed by atoms with Crippen molar-refractivity contribution in [2.45, 2.75) is 39.0 Å². The van der Waals surface area contributed by atoms with Gasteiger partial charge in [0.2, 0.25) is 0 Å². The number of carbonyl (C=O) groups excluding carboxylic acids is 2. The Bertz CT molecular complexity index is 548. The molecule has 0 aromatic heterocycles. The van der Waals surface area contributed by atoms with Crippen LogP contribution in [0.3, 0.4) is 0 Å². The van der Waals surface area contributed by atoms with E-state index >= 15 is 0 Å². The maximum Gasteiger partial charge on any atom is 0.338 e. The molecule has 130 valence electrons. The van der Waals surface area contributed by atoms with Crippen LogP contribution in [0.2, 0.25) is 0 Å². The predicted octanol–water partition coefficient (Wildman–Crippen LogP) is 0.992. The highest BCUT2D eigenvalue weighted by molar-refractivity contribution is 5.99. The van der Waals surface area contributed by atoms with Crippen LogP contribution in [-0.2, 0) is 23.7 Å². The van der Waals surface area contributed by atoms with Gasteiger partial charge in [0.1, 0.15) is 24.5 Å². The van der Waals surface area contributed by atoms with Crippen LogP contribution < -0.4 is 5.73 Å². The summed E-state index contributed by atoms with van der Waals surface area (Å²) < 4.78 is 14.8. The van der Waals surface area contributed by atoms with Gasteiger partial charge in [0, 0.05) is 0 Å². The van der Waals surface area contributed by atoms with Gasteiger partial charge in [0.15, 0.2) is 6.10 Å². The van der Waals surface area contributed by atoms with Gasteiger partial charge in [-0.25, -0.2) is 4.79 Å². The van der Waals surface area contributed by atoms with Crippen molar-refractivity contribution < 1.29 is 28.8 Å². The average Bonchev–Trinajstić information content (AvgIpc) is 2.54. The van der Waals surface area contributed by atoms with Crippen LogP contribution in [0.5, 0.6) is 5.75 Å². The third kappa shape index (κ3) is 5.86. The molecule has 1 aromatic carbocycles. The van der Waals surface area contributed by atoms with Crippen molar-refractivity contribution in [2.75, 3.05) is 6.61 Å². The lowest BCUT2D eigenvalue weighted by Crippen LogP contribution is -2.38. The largest absolute Gasteiger partial charge is 0.508 e. The molecule has 0 saturated carbocycles. The van der Waals surface area contributed by atoms with Gasteiger partial charge >= 0.3 is 11.9 Å². The molecule has 0 fully saturated rings. The smallest absolute Gasteiger partial charge is 0.338 e. The molecular weight excluding hydrogens is 313 g/mol. The number of hydrogen-bond acceptors (Lipinski definition) is 7. The molecule has 0 aliphatic carbocycles. The van der Waals surface area contributed by atoms with E-state index in [0.29, 0.717) is 5.56 Å². The highest BCUT2D eigenvalue weighted by atomic mass is 16.6. The van der Waals surface area contributed by atoms with Crippen molar-refractivity contribution in [2.24, 2.45) is 11.7 Å². The third-order valence-electron chi connectivity index (χ3n) is 3.31. The summed E-state index contributed by atoms with van der Waals surface area (Å²) in [5.41, 5.74) is 6.09. The van der Waals surface area contributed by atoms with E-state index in [-0.39, 0.29) is 18.3 Å². The van der Waals surface area contributed by atoms with E-state index in [1.54, 1.807) is 20.8 Å². The van der Waals surface area contributed by atoms with E-state index in [0.717, 1.165) is 0 Å². The number of esters is 2. The van der Waals surface area contributed by atoms with Gasteiger partial charge in [-0.1, -0.05) is 26.0 Å². The second-order valence-electron chi connectivity index (χ2n) is 5.75. The molecule has 3 N–H and O–H groups in total. The molecule has 3 atom stereocenters. The second-order valence-corrected chi connectivity index (χ2v) is 5.75. The zero-order valence-electron chi connectivity index (χ0n) is 14.0. The normalized spacial score (nSPS) is 14.7. The Kier molecular flexibility index (Phi) is 7.74. The van der Waals surface area contributed by atoms with Gasteiger partial charge in [-0.3, -0.25) is 4.79 Å². The molecule has 0 amide bonds. The van der Waals surface area contributed by atoms with E-state index in [1.807, 2.05) is 0 Å². The number of hydrogen-bond donors (Lipinski definition) is 2. The Hall–Kier alpha value is -2.06. The summed E-state index contributed by atoms with van der Waals surface area (Å²) in [5, 5.41) is 9.25. The van der Waals surface area contributed by atoms with Gasteiger partial charge in [-0.05, 0) is 30.5 Å². The minimum absolute atomic E-state index is 0.0460. The van der Waals surface area contributed by atoms with Crippen molar-refractivity contribution in [1.82, 2.24) is 0 Å². The molecule has 0 heterocycles. The highest BCUT2D eigenvalue weighted by Crippen LogP contribution is 2.21. The van der Waals surface area contributed by atoms with Crippen LogP contribution in [-0.4, -0.2) is 43.8 Å². The lowest BCUT2D eigenvalue weighted by atomic mass is 10.1. The number of nitrogens with two attached hydrogens (primary N) is 1. The Morgan fingerprint density at radius 2 is 1.75 bits per heavy atom. The minimum Gasteiger partial charge on any atom is -0.508 e. The zero-order valence-corrected chi connectivity index (χ0v) is 14.0. The summed E-state index contributed by atoms with van der Waals surface area (Å²) in [6, 6.07) is 5.03. The van der Waals surface area contributed by atoms with Gasteiger partial charge in [0.25, 0.3) is 8.05 Å². The Labute approximate surface area is 142 Å². The van der Waals surface area contributed by atoms with Gasteiger partial charge < -0.3 is 25.0 Å². The number of benzene rings is 1. The summed E-state index contributed by atoms with van der Waals surface area (Å²) in [6.07, 6.45) is -1.85. The van der Waals surface area contributed by atoms with Crippen LogP contribution in [0.4, 0.5) is 0 Å². The van der Waals surface area contributed by atoms with Gasteiger partial charge in [-0.15, -0.1) is 0 Å². The molecule has 2 radical (unpaired) electrons. The van der Waals surface area contributed by atoms with E-state index < -0.39 is 30.2 Å². The fourth-order valence-electron chi connectivity index (χ4n) is 1.78. The van der Waals surface area contributed by atoms with Crippen molar-refractivity contribution in [1.29, 1.82) is 0 Å². The monoisotopic (exact) mass is 335 g/mol. The summed E-state index contributed by atoms with van der Waals surface area (Å²) >= 11 is 0. The van der Waals surface area contributed by atoms with Crippen molar-refractivity contribution in [3.8, 4) is 5.75 Å². The first kappa shape index (κ1) is 20.0. The number of carbonyl (C=O) groups is 2. The summed E-state index contributed by atoms with van der Waals surface area (Å²) in [5.74, 6) is -1.30. The number of rotatable bonds is 8. The third-order valence-corrected chi connectivity index (χ3v) is 3.31. The predicted molar refractivity (Wildman–Crippen MR) is 87.0 cm³/mol. The Morgan fingerprint density at radius 3 is 2.25 bits per heavy atom. The van der Waals surface area contributed by atoms with Crippen LogP contribution in [0.15, 0.2) is 24.3 Å². The molecule has 0 aliphatic rings. The lowest BCUT2D eigenvalue weighted by Gasteiger charge is -2.20. The molecule has 3 unspecified atom stereocenters. The highest BCUT2D eigenvalue weighted by Gasteiger charge is 2.25. The Balaban J connectivity index is 2.55. The van der Waals surface area contributed by atoms with Crippen molar-refractivity contribution >= 4 is 20.0 Å². The standard InChI is InChI=1S/C16H22BNO6/c1-9(2)13(18)15(20)22-8-10(3)23-16(21)14(24-17)11-4-6-12(19)7-5-11/h4-7,9-10,13-14,19H,8,18H2,1-3H3. The number of phenols is 1. The first-order valence-electron chi connectivity index (χ1n) is 7.53. The molecule has 1 rings (SSSR count). The SMILES string of the molecule is [B]OC(C(=O)OC(C)COC(=O)C(N)C(C)C)c1ccc(O)cc1. The molecule has 0 aliphatic heterocycles. The van der Waals surface area contributed by atoms with Gasteiger partial charge in [0.05, 0.1) is 0 Å². The number of phenolic OH excluding ortho intramolecular Hbond substituents is 1. The second kappa shape index (κ2) is 9.29. The maximum atomic E-state index is 12.1. The van der Waals surface area contributed by atoms with Crippen molar-refractivity contribution in [3.05, 3.63) is 29.8 Å². The van der Waals surface area contributed by atoms with Crippen molar-refractivity contribution in [3.63, 3.8) is 0 Å². The topological polar surface area (TPSA) is 108 Å². The zero-order chi connectivity index (χ0) is 18.3. The maximum absolute atomic E-state index is 12.1. The van der Waals surface area contributed by atoms with E-state index in [1.165, 1.54) is 24.3 Å². The van der Waals surface area contributed by atoms with Gasteiger partial charge in [-0.2, -0.15) is 0 Å². The molecule has 0 saturated heterocycles. The molecule has 0 spiro atoms. The summed E-state index contributed by atoms with van der Waals surface area (Å²) in [4.78, 5) is 23.8. The van der Waals surface area contributed by atoms with E-state index in [2.05, 4.69) is 4.65 Å². The summed E-state index contributed by atoms with van der Waals surface area (Å²) in [6.45, 7) is 5.04. The molecule has 0 bridgehead atoms. The fourth-order valence-corrected chi connectivity index (χ4v) is 1.78. The molecule has 24 heavy (non-hydrogen) atoms. The molecule has 1 aromatic rings. The minimum atomic E-state index is -1.15. The summed E-state index contributed by atoms with van der Waals surface area (Å²) in [7, 11) is 5.15. The number of aromatic hydroxyl groups is 1. The first-order valence-corrected chi connectivity index (χ1v) is 7.53.